The molecular formula is C24H35N3O3. The number of benzene rings is 1. The highest BCUT2D eigenvalue weighted by Crippen LogP contribution is 2.32. The zero-order chi connectivity index (χ0) is 20.9. The van der Waals surface area contributed by atoms with Crippen LogP contribution in [0.15, 0.2) is 24.3 Å². The van der Waals surface area contributed by atoms with Crippen molar-refractivity contribution in [2.45, 2.75) is 57.4 Å². The lowest BCUT2D eigenvalue weighted by Gasteiger charge is -2.41. The van der Waals surface area contributed by atoms with Crippen molar-refractivity contribution >= 4 is 17.5 Å². The van der Waals surface area contributed by atoms with Crippen LogP contribution in [0, 0.1) is 11.8 Å². The second kappa shape index (κ2) is 9.82. The first kappa shape index (κ1) is 21.2. The number of nitrogens with zero attached hydrogens (tertiary/aromatic N) is 2. The molecule has 1 aromatic carbocycles. The lowest BCUT2D eigenvalue weighted by molar-refractivity contribution is -0.138. The van der Waals surface area contributed by atoms with Crippen molar-refractivity contribution in [2.24, 2.45) is 11.8 Å². The molecule has 1 atom stereocenters. The molecule has 6 nitrogen and oxygen atoms in total. The van der Waals surface area contributed by atoms with Gasteiger partial charge < -0.3 is 15.0 Å². The summed E-state index contributed by atoms with van der Waals surface area (Å²) in [7, 11) is 1.64. The van der Waals surface area contributed by atoms with E-state index in [4.69, 9.17) is 4.74 Å². The number of hydrogen-bond acceptors (Lipinski definition) is 4. The number of methoxy groups -OCH3 is 1. The maximum absolute atomic E-state index is 13.3. The third-order valence-electron chi connectivity index (χ3n) is 7.20. The van der Waals surface area contributed by atoms with Crippen LogP contribution in [0.5, 0.6) is 5.75 Å². The Balaban J connectivity index is 1.39. The highest BCUT2D eigenvalue weighted by Gasteiger charge is 2.38. The SMILES string of the molecule is COc1ccc(NC(=O)[C@@H](C2CCCC2)N2CCN(C(=O)C3CCCC3)CC2)cc1. The maximum atomic E-state index is 13.3. The van der Waals surface area contributed by atoms with Gasteiger partial charge >= 0.3 is 0 Å². The molecule has 1 N–H and O–H groups in total. The topological polar surface area (TPSA) is 61.9 Å². The molecule has 1 saturated heterocycles. The maximum Gasteiger partial charge on any atom is 0.242 e. The number of rotatable bonds is 6. The summed E-state index contributed by atoms with van der Waals surface area (Å²) < 4.78 is 5.21. The van der Waals surface area contributed by atoms with Gasteiger partial charge in [0.2, 0.25) is 11.8 Å². The molecule has 0 aromatic heterocycles. The minimum Gasteiger partial charge on any atom is -0.497 e. The molecule has 30 heavy (non-hydrogen) atoms. The summed E-state index contributed by atoms with van der Waals surface area (Å²) in [4.78, 5) is 30.5. The molecule has 6 heteroatoms. The molecule has 0 unspecified atom stereocenters. The van der Waals surface area contributed by atoms with Crippen molar-refractivity contribution in [3.63, 3.8) is 0 Å². The summed E-state index contributed by atoms with van der Waals surface area (Å²) in [5, 5.41) is 3.13. The predicted molar refractivity (Wildman–Crippen MR) is 117 cm³/mol. The van der Waals surface area contributed by atoms with E-state index in [0.29, 0.717) is 11.8 Å². The van der Waals surface area contributed by atoms with Gasteiger partial charge in [0, 0.05) is 37.8 Å². The number of piperazine rings is 1. The molecule has 2 amide bonds. The Bertz CT molecular complexity index is 716. The molecule has 2 saturated carbocycles. The first-order chi connectivity index (χ1) is 14.7. The minimum atomic E-state index is -0.113. The summed E-state index contributed by atoms with van der Waals surface area (Å²) >= 11 is 0. The number of carbonyl (C=O) groups is 2. The van der Waals surface area contributed by atoms with E-state index in [1.54, 1.807) is 7.11 Å². The molecule has 1 heterocycles. The van der Waals surface area contributed by atoms with Crippen LogP contribution in [0.1, 0.15) is 51.4 Å². The predicted octanol–water partition coefficient (Wildman–Crippen LogP) is 3.53. The van der Waals surface area contributed by atoms with Crippen molar-refractivity contribution in [3.8, 4) is 5.75 Å². The van der Waals surface area contributed by atoms with E-state index in [1.165, 1.54) is 25.7 Å². The van der Waals surface area contributed by atoms with Gasteiger partial charge in [-0.3, -0.25) is 14.5 Å². The Hall–Kier alpha value is -2.08. The molecule has 164 valence electrons. The molecule has 1 aliphatic heterocycles. The normalized spacial score (nSPS) is 22.2. The molecule has 3 fully saturated rings. The van der Waals surface area contributed by atoms with Crippen molar-refractivity contribution in [1.82, 2.24) is 9.80 Å². The fourth-order valence-corrected chi connectivity index (χ4v) is 5.49. The molecule has 4 rings (SSSR count). The molecule has 1 aromatic rings. The minimum absolute atomic E-state index is 0.0858. The zero-order valence-corrected chi connectivity index (χ0v) is 18.1. The highest BCUT2D eigenvalue weighted by atomic mass is 16.5. The number of carbonyl (C=O) groups excluding carboxylic acids is 2. The Morgan fingerprint density at radius 3 is 2.13 bits per heavy atom. The van der Waals surface area contributed by atoms with Crippen LogP contribution in [-0.4, -0.2) is 60.9 Å². The highest BCUT2D eigenvalue weighted by molar-refractivity contribution is 5.95. The Morgan fingerprint density at radius 1 is 0.933 bits per heavy atom. The average Bonchev–Trinajstić information content (AvgIpc) is 3.49. The second-order valence-electron chi connectivity index (χ2n) is 9.05. The number of hydrogen-bond donors (Lipinski definition) is 1. The number of nitrogens with one attached hydrogen (secondary N) is 1. The van der Waals surface area contributed by atoms with Crippen LogP contribution < -0.4 is 10.1 Å². The van der Waals surface area contributed by atoms with E-state index in [2.05, 4.69) is 10.2 Å². The largest absolute Gasteiger partial charge is 0.497 e. The van der Waals surface area contributed by atoms with E-state index in [9.17, 15) is 9.59 Å². The van der Waals surface area contributed by atoms with Gasteiger partial charge in [-0.1, -0.05) is 25.7 Å². The van der Waals surface area contributed by atoms with Crippen LogP contribution in [0.2, 0.25) is 0 Å². The van der Waals surface area contributed by atoms with E-state index < -0.39 is 0 Å². The van der Waals surface area contributed by atoms with Crippen LogP contribution >= 0.6 is 0 Å². The van der Waals surface area contributed by atoms with Gasteiger partial charge in [-0.05, 0) is 55.9 Å². The van der Waals surface area contributed by atoms with Crippen LogP contribution in [0.25, 0.3) is 0 Å². The molecule has 0 radical (unpaired) electrons. The third-order valence-corrected chi connectivity index (χ3v) is 7.20. The molecule has 3 aliphatic rings. The fourth-order valence-electron chi connectivity index (χ4n) is 5.49. The monoisotopic (exact) mass is 413 g/mol. The number of ether oxygens (including phenoxy) is 1. The summed E-state index contributed by atoms with van der Waals surface area (Å²) in [6, 6.07) is 7.40. The summed E-state index contributed by atoms with van der Waals surface area (Å²) in [5.41, 5.74) is 0.804. The molecule has 2 aliphatic carbocycles. The Labute approximate surface area is 179 Å². The first-order valence-electron chi connectivity index (χ1n) is 11.6. The molecular weight excluding hydrogens is 378 g/mol. The zero-order valence-electron chi connectivity index (χ0n) is 18.1. The number of amides is 2. The van der Waals surface area contributed by atoms with Gasteiger partial charge in [-0.15, -0.1) is 0 Å². The number of anilines is 1. The van der Waals surface area contributed by atoms with Crippen LogP contribution in [-0.2, 0) is 9.59 Å². The molecule has 0 bridgehead atoms. The summed E-state index contributed by atoms with van der Waals surface area (Å²) in [5.74, 6) is 1.85. The van der Waals surface area contributed by atoms with Crippen molar-refractivity contribution in [3.05, 3.63) is 24.3 Å². The lowest BCUT2D eigenvalue weighted by Crippen LogP contribution is -2.57. The summed E-state index contributed by atoms with van der Waals surface area (Å²) in [6.07, 6.45) is 9.11. The lowest BCUT2D eigenvalue weighted by atomic mass is 9.94. The van der Waals surface area contributed by atoms with Crippen molar-refractivity contribution < 1.29 is 14.3 Å². The third kappa shape index (κ3) is 4.80. The van der Waals surface area contributed by atoms with Gasteiger partial charge in [-0.2, -0.15) is 0 Å². The fraction of sp³-hybridized carbons (Fsp3) is 0.667. The van der Waals surface area contributed by atoms with E-state index in [1.807, 2.05) is 29.2 Å². The van der Waals surface area contributed by atoms with Crippen LogP contribution in [0.4, 0.5) is 5.69 Å². The first-order valence-corrected chi connectivity index (χ1v) is 11.6. The van der Waals surface area contributed by atoms with Crippen LogP contribution in [0.3, 0.4) is 0 Å². The average molecular weight is 414 g/mol. The van der Waals surface area contributed by atoms with Crippen molar-refractivity contribution in [1.29, 1.82) is 0 Å². The van der Waals surface area contributed by atoms with Crippen molar-refractivity contribution in [2.75, 3.05) is 38.6 Å². The van der Waals surface area contributed by atoms with Gasteiger partial charge in [0.15, 0.2) is 0 Å². The van der Waals surface area contributed by atoms with Gasteiger partial charge in [0.05, 0.1) is 13.2 Å². The van der Waals surface area contributed by atoms with E-state index >= 15 is 0 Å². The standard InChI is InChI=1S/C24H35N3O3/c1-30-21-12-10-20(11-13-21)25-23(28)22(18-6-2-3-7-18)26-14-16-27(17-15-26)24(29)19-8-4-5-9-19/h10-13,18-19,22H,2-9,14-17H2,1H3,(H,25,28)/t22-/m1/s1. The smallest absolute Gasteiger partial charge is 0.242 e. The quantitative estimate of drug-likeness (QED) is 0.775. The summed E-state index contributed by atoms with van der Waals surface area (Å²) in [6.45, 7) is 3.06. The van der Waals surface area contributed by atoms with E-state index in [-0.39, 0.29) is 17.9 Å². The Kier molecular flexibility index (Phi) is 6.93. The van der Waals surface area contributed by atoms with Gasteiger partial charge in [0.25, 0.3) is 0 Å². The van der Waals surface area contributed by atoms with Gasteiger partial charge in [0.1, 0.15) is 5.75 Å². The second-order valence-corrected chi connectivity index (χ2v) is 9.05. The van der Waals surface area contributed by atoms with E-state index in [0.717, 1.165) is 63.3 Å². The van der Waals surface area contributed by atoms with Gasteiger partial charge in [-0.25, -0.2) is 0 Å². The molecule has 0 spiro atoms. The Morgan fingerprint density at radius 2 is 1.53 bits per heavy atom.